The summed E-state index contributed by atoms with van der Waals surface area (Å²) in [6, 6.07) is 3.35. The molecule has 88 valence electrons. The summed E-state index contributed by atoms with van der Waals surface area (Å²) in [4.78, 5) is 11.7. The van der Waals surface area contributed by atoms with E-state index in [1.807, 2.05) is 6.92 Å². The summed E-state index contributed by atoms with van der Waals surface area (Å²) in [7, 11) is 0. The van der Waals surface area contributed by atoms with E-state index in [-0.39, 0.29) is 4.83 Å². The van der Waals surface area contributed by atoms with E-state index < -0.39 is 23.1 Å². The van der Waals surface area contributed by atoms with E-state index in [9.17, 15) is 13.6 Å². The van der Waals surface area contributed by atoms with Gasteiger partial charge in [0.05, 0.1) is 0 Å². The predicted octanol–water partition coefficient (Wildman–Crippen LogP) is 2.87. The molecule has 0 aliphatic carbocycles. The number of hydrogen-bond donors (Lipinski definition) is 1. The minimum absolute atomic E-state index is 0.248. The first-order valence-corrected chi connectivity index (χ1v) is 5.80. The lowest BCUT2D eigenvalue weighted by molar-refractivity contribution is 0.0945. The van der Waals surface area contributed by atoms with E-state index >= 15 is 0 Å². The highest BCUT2D eigenvalue weighted by molar-refractivity contribution is 9.09. The Kier molecular flexibility index (Phi) is 4.86. The van der Waals surface area contributed by atoms with Crippen LogP contribution in [-0.4, -0.2) is 17.3 Å². The first kappa shape index (κ1) is 13.1. The second-order valence-corrected chi connectivity index (χ2v) is 4.99. The molecule has 0 saturated heterocycles. The van der Waals surface area contributed by atoms with Gasteiger partial charge in [-0.2, -0.15) is 0 Å². The van der Waals surface area contributed by atoms with Crippen molar-refractivity contribution in [2.75, 3.05) is 6.54 Å². The molecule has 1 unspecified atom stereocenters. The first-order valence-electron chi connectivity index (χ1n) is 4.88. The molecule has 1 aromatic rings. The molecule has 2 nitrogen and oxygen atoms in total. The highest BCUT2D eigenvalue weighted by Gasteiger charge is 2.16. The SMILES string of the molecule is CC(Br)CCNC(=O)c1c(F)cccc1F. The molecule has 5 heteroatoms. The van der Waals surface area contributed by atoms with Gasteiger partial charge in [-0.05, 0) is 18.6 Å². The van der Waals surface area contributed by atoms with Crippen molar-refractivity contribution in [1.29, 1.82) is 0 Å². The molecule has 0 spiro atoms. The number of alkyl halides is 1. The highest BCUT2D eigenvalue weighted by Crippen LogP contribution is 2.11. The Hall–Kier alpha value is -0.970. The lowest BCUT2D eigenvalue weighted by Crippen LogP contribution is -2.27. The third kappa shape index (κ3) is 3.56. The maximum absolute atomic E-state index is 13.2. The van der Waals surface area contributed by atoms with Gasteiger partial charge >= 0.3 is 0 Å². The highest BCUT2D eigenvalue weighted by atomic mass is 79.9. The van der Waals surface area contributed by atoms with Crippen molar-refractivity contribution in [3.05, 3.63) is 35.4 Å². The van der Waals surface area contributed by atoms with Gasteiger partial charge in [-0.3, -0.25) is 4.79 Å². The molecule has 0 aromatic heterocycles. The van der Waals surface area contributed by atoms with E-state index in [1.165, 1.54) is 6.07 Å². The molecule has 1 amide bonds. The summed E-state index contributed by atoms with van der Waals surface area (Å²) in [5, 5.41) is 2.46. The van der Waals surface area contributed by atoms with Crippen molar-refractivity contribution in [2.24, 2.45) is 0 Å². The average Bonchev–Trinajstić information content (AvgIpc) is 2.16. The van der Waals surface area contributed by atoms with Crippen LogP contribution in [0.4, 0.5) is 8.78 Å². The van der Waals surface area contributed by atoms with Crippen LogP contribution >= 0.6 is 15.9 Å². The molecular weight excluding hydrogens is 280 g/mol. The Bertz CT molecular complexity index is 362. The van der Waals surface area contributed by atoms with Gasteiger partial charge < -0.3 is 5.32 Å². The standard InChI is InChI=1S/C11H12BrF2NO/c1-7(12)5-6-15-11(16)10-8(13)3-2-4-9(10)14/h2-4,7H,5-6H2,1H3,(H,15,16). The number of hydrogen-bond acceptors (Lipinski definition) is 1. The minimum atomic E-state index is -0.843. The van der Waals surface area contributed by atoms with Crippen LogP contribution < -0.4 is 5.32 Å². The summed E-state index contributed by atoms with van der Waals surface area (Å²) >= 11 is 3.31. The number of amides is 1. The van der Waals surface area contributed by atoms with E-state index in [4.69, 9.17) is 0 Å². The smallest absolute Gasteiger partial charge is 0.257 e. The number of rotatable bonds is 4. The van der Waals surface area contributed by atoms with Crippen LogP contribution in [-0.2, 0) is 0 Å². The van der Waals surface area contributed by atoms with Gasteiger partial charge in [0.1, 0.15) is 17.2 Å². The van der Waals surface area contributed by atoms with Crippen molar-refractivity contribution in [3.63, 3.8) is 0 Å². The van der Waals surface area contributed by atoms with Gasteiger partial charge in [0.25, 0.3) is 5.91 Å². The number of halogens is 3. The van der Waals surface area contributed by atoms with Crippen LogP contribution in [0.2, 0.25) is 0 Å². The number of nitrogens with one attached hydrogen (secondary N) is 1. The maximum atomic E-state index is 13.2. The number of carbonyl (C=O) groups is 1. The van der Waals surface area contributed by atoms with Crippen molar-refractivity contribution >= 4 is 21.8 Å². The fourth-order valence-corrected chi connectivity index (χ4v) is 1.42. The molecule has 0 saturated carbocycles. The zero-order chi connectivity index (χ0) is 12.1. The quantitative estimate of drug-likeness (QED) is 0.849. The molecule has 0 bridgehead atoms. The van der Waals surface area contributed by atoms with Crippen LogP contribution in [0.3, 0.4) is 0 Å². The summed E-state index contributed by atoms with van der Waals surface area (Å²) in [6.07, 6.45) is 0.696. The van der Waals surface area contributed by atoms with Crippen molar-refractivity contribution < 1.29 is 13.6 Å². The Morgan fingerprint density at radius 1 is 1.44 bits per heavy atom. The van der Waals surface area contributed by atoms with Crippen LogP contribution in [0.5, 0.6) is 0 Å². The van der Waals surface area contributed by atoms with E-state index in [0.717, 1.165) is 12.1 Å². The van der Waals surface area contributed by atoms with E-state index in [0.29, 0.717) is 13.0 Å². The molecule has 0 fully saturated rings. The lowest BCUT2D eigenvalue weighted by Gasteiger charge is -2.07. The molecule has 0 radical (unpaired) electrons. The molecule has 0 heterocycles. The molecule has 0 aliphatic heterocycles. The summed E-state index contributed by atoms with van der Waals surface area (Å²) < 4.78 is 26.4. The van der Waals surface area contributed by atoms with Gasteiger partial charge in [-0.15, -0.1) is 0 Å². The second-order valence-electron chi connectivity index (χ2n) is 3.42. The topological polar surface area (TPSA) is 29.1 Å². The summed E-state index contributed by atoms with van der Waals surface area (Å²) in [5.41, 5.74) is -0.523. The fourth-order valence-electron chi connectivity index (χ4n) is 1.19. The van der Waals surface area contributed by atoms with Crippen LogP contribution in [0.25, 0.3) is 0 Å². The third-order valence-corrected chi connectivity index (χ3v) is 2.48. The molecule has 0 aliphatic rings. The predicted molar refractivity (Wildman–Crippen MR) is 61.7 cm³/mol. The van der Waals surface area contributed by atoms with Crippen LogP contribution in [0.1, 0.15) is 23.7 Å². The second kappa shape index (κ2) is 5.94. The maximum Gasteiger partial charge on any atom is 0.257 e. The zero-order valence-electron chi connectivity index (χ0n) is 8.77. The first-order chi connectivity index (χ1) is 7.52. The third-order valence-electron chi connectivity index (χ3n) is 2.02. The Morgan fingerprint density at radius 2 is 2.00 bits per heavy atom. The Morgan fingerprint density at radius 3 is 2.50 bits per heavy atom. The van der Waals surface area contributed by atoms with Crippen molar-refractivity contribution in [3.8, 4) is 0 Å². The van der Waals surface area contributed by atoms with Gasteiger partial charge in [0.15, 0.2) is 0 Å². The Balaban J connectivity index is 2.66. The molecule has 1 aromatic carbocycles. The van der Waals surface area contributed by atoms with Gasteiger partial charge in [0.2, 0.25) is 0 Å². The van der Waals surface area contributed by atoms with E-state index in [1.54, 1.807) is 0 Å². The van der Waals surface area contributed by atoms with Crippen LogP contribution in [0, 0.1) is 11.6 Å². The Labute approximate surface area is 101 Å². The van der Waals surface area contributed by atoms with Gasteiger partial charge in [-0.1, -0.05) is 28.9 Å². The van der Waals surface area contributed by atoms with Crippen molar-refractivity contribution in [2.45, 2.75) is 18.2 Å². The van der Waals surface area contributed by atoms with Crippen molar-refractivity contribution in [1.82, 2.24) is 5.32 Å². The lowest BCUT2D eigenvalue weighted by atomic mass is 10.2. The zero-order valence-corrected chi connectivity index (χ0v) is 10.4. The number of benzene rings is 1. The molecular formula is C11H12BrF2NO. The van der Waals surface area contributed by atoms with Crippen LogP contribution in [0.15, 0.2) is 18.2 Å². The van der Waals surface area contributed by atoms with E-state index in [2.05, 4.69) is 21.2 Å². The van der Waals surface area contributed by atoms with Gasteiger partial charge in [-0.25, -0.2) is 8.78 Å². The molecule has 16 heavy (non-hydrogen) atoms. The molecule has 1 rings (SSSR count). The fraction of sp³-hybridized carbons (Fsp3) is 0.364. The largest absolute Gasteiger partial charge is 0.352 e. The normalized spacial score (nSPS) is 12.2. The molecule has 1 N–H and O–H groups in total. The minimum Gasteiger partial charge on any atom is -0.352 e. The average molecular weight is 292 g/mol. The summed E-state index contributed by atoms with van der Waals surface area (Å²) in [5.74, 6) is -2.41. The van der Waals surface area contributed by atoms with Gasteiger partial charge in [0, 0.05) is 11.4 Å². The molecule has 1 atom stereocenters. The monoisotopic (exact) mass is 291 g/mol. The summed E-state index contributed by atoms with van der Waals surface area (Å²) in [6.45, 7) is 2.30. The number of carbonyl (C=O) groups excluding carboxylic acids is 1.